The van der Waals surface area contributed by atoms with E-state index in [1.54, 1.807) is 6.20 Å². The van der Waals surface area contributed by atoms with Gasteiger partial charge in [-0.25, -0.2) is 9.59 Å². The summed E-state index contributed by atoms with van der Waals surface area (Å²) in [5.74, 6) is -1.11. The number of H-pyrrole nitrogens is 1. The number of amides is 1. The molecule has 6 nitrogen and oxygen atoms in total. The fraction of sp³-hybridized carbons (Fsp3) is 0.407. The maximum absolute atomic E-state index is 12.5. The Morgan fingerprint density at radius 3 is 2.18 bits per heavy atom. The molecule has 6 heteroatoms. The van der Waals surface area contributed by atoms with Gasteiger partial charge in [0.15, 0.2) is 0 Å². The Labute approximate surface area is 195 Å². The summed E-state index contributed by atoms with van der Waals surface area (Å²) in [6, 6.07) is 12.8. The normalized spacial score (nSPS) is 13.0. The summed E-state index contributed by atoms with van der Waals surface area (Å²) in [4.78, 5) is 27.4. The third-order valence-corrected chi connectivity index (χ3v) is 5.78. The number of ether oxygens (including phenoxy) is 1. The first-order chi connectivity index (χ1) is 15.3. The van der Waals surface area contributed by atoms with Crippen molar-refractivity contribution >= 4 is 23.0 Å². The molecule has 0 aliphatic rings. The summed E-state index contributed by atoms with van der Waals surface area (Å²) in [5.41, 5.74) is 4.86. The van der Waals surface area contributed by atoms with Crippen molar-refractivity contribution in [1.82, 2.24) is 10.3 Å². The first kappa shape index (κ1) is 24.4. The second-order valence-electron chi connectivity index (χ2n) is 10.6. The predicted octanol–water partition coefficient (Wildman–Crippen LogP) is 5.69. The number of para-hydroxylation sites is 1. The molecule has 1 heterocycles. The van der Waals surface area contributed by atoms with Crippen LogP contribution in [0.4, 0.5) is 4.79 Å². The lowest BCUT2D eigenvalue weighted by molar-refractivity contribution is -0.139. The zero-order chi connectivity index (χ0) is 24.4. The average Bonchev–Trinajstić information content (AvgIpc) is 3.13. The minimum Gasteiger partial charge on any atom is -0.480 e. The SMILES string of the molecule is CC(C)(C)c1cc(COC(=O)NC(Cc2c[nH]c3ccccc23)C(=O)O)cc(C(C)(C)C)c1. The van der Waals surface area contributed by atoms with Gasteiger partial charge >= 0.3 is 12.1 Å². The maximum Gasteiger partial charge on any atom is 0.408 e. The quantitative estimate of drug-likeness (QED) is 0.450. The van der Waals surface area contributed by atoms with E-state index in [1.165, 1.54) is 0 Å². The third kappa shape index (κ3) is 6.15. The number of fused-ring (bicyclic) bond motifs is 1. The Balaban J connectivity index is 1.71. The van der Waals surface area contributed by atoms with Crippen LogP contribution in [0.3, 0.4) is 0 Å². The number of rotatable bonds is 6. The molecule has 0 bridgehead atoms. The number of benzene rings is 2. The highest BCUT2D eigenvalue weighted by atomic mass is 16.5. The lowest BCUT2D eigenvalue weighted by Crippen LogP contribution is -2.42. The standard InChI is InChI=1S/C27H34N2O4/c1-26(2,3)19-11-17(12-20(14-19)27(4,5)6)16-33-25(32)29-23(24(30)31)13-18-15-28-22-10-8-7-9-21(18)22/h7-12,14-15,23,28H,13,16H2,1-6H3,(H,29,32)(H,30,31). The topological polar surface area (TPSA) is 91.4 Å². The molecule has 0 fully saturated rings. The number of carboxylic acid groups (broad SMARTS) is 1. The van der Waals surface area contributed by atoms with Crippen LogP contribution < -0.4 is 5.32 Å². The molecule has 33 heavy (non-hydrogen) atoms. The minimum atomic E-state index is -1.11. The molecular weight excluding hydrogens is 416 g/mol. The molecule has 176 valence electrons. The van der Waals surface area contributed by atoms with Crippen molar-refractivity contribution in [2.75, 3.05) is 0 Å². The molecule has 0 saturated heterocycles. The number of hydrogen-bond acceptors (Lipinski definition) is 3. The molecule has 2 aromatic carbocycles. The Kier molecular flexibility index (Phi) is 6.86. The number of alkyl carbamates (subject to hydrolysis) is 1. The van der Waals surface area contributed by atoms with Crippen LogP contribution >= 0.6 is 0 Å². The number of carbonyl (C=O) groups excluding carboxylic acids is 1. The van der Waals surface area contributed by atoms with Gasteiger partial charge in [0.25, 0.3) is 0 Å². The first-order valence-electron chi connectivity index (χ1n) is 11.2. The number of hydrogen-bond donors (Lipinski definition) is 3. The molecule has 1 atom stereocenters. The molecule has 3 N–H and O–H groups in total. The van der Waals surface area contributed by atoms with Gasteiger partial charge < -0.3 is 20.1 Å². The van der Waals surface area contributed by atoms with Crippen molar-refractivity contribution in [3.8, 4) is 0 Å². The van der Waals surface area contributed by atoms with Crippen molar-refractivity contribution in [3.63, 3.8) is 0 Å². The van der Waals surface area contributed by atoms with Crippen molar-refractivity contribution in [1.29, 1.82) is 0 Å². The number of aromatic nitrogens is 1. The van der Waals surface area contributed by atoms with Crippen LogP contribution in [0.25, 0.3) is 10.9 Å². The Hall–Kier alpha value is -3.28. The summed E-state index contributed by atoms with van der Waals surface area (Å²) < 4.78 is 5.43. The van der Waals surface area contributed by atoms with Crippen LogP contribution in [-0.4, -0.2) is 28.2 Å². The van der Waals surface area contributed by atoms with E-state index in [2.05, 4.69) is 57.9 Å². The Morgan fingerprint density at radius 1 is 1.00 bits per heavy atom. The smallest absolute Gasteiger partial charge is 0.408 e. The van der Waals surface area contributed by atoms with E-state index in [4.69, 9.17) is 4.74 Å². The molecule has 3 rings (SSSR count). The average molecular weight is 451 g/mol. The van der Waals surface area contributed by atoms with Crippen LogP contribution in [0.1, 0.15) is 63.8 Å². The van der Waals surface area contributed by atoms with Gasteiger partial charge in [-0.05, 0) is 39.2 Å². The van der Waals surface area contributed by atoms with Crippen LogP contribution in [0, 0.1) is 0 Å². The molecule has 1 unspecified atom stereocenters. The molecular formula is C27H34N2O4. The van der Waals surface area contributed by atoms with E-state index in [0.29, 0.717) is 0 Å². The number of carbonyl (C=O) groups is 2. The summed E-state index contributed by atoms with van der Waals surface area (Å²) in [5, 5.41) is 13.1. The van der Waals surface area contributed by atoms with Crippen LogP contribution in [0.5, 0.6) is 0 Å². The van der Waals surface area contributed by atoms with Crippen LogP contribution in [0.15, 0.2) is 48.7 Å². The molecule has 3 aromatic rings. The second kappa shape index (κ2) is 9.30. The fourth-order valence-electron chi connectivity index (χ4n) is 3.69. The van der Waals surface area contributed by atoms with E-state index in [-0.39, 0.29) is 23.9 Å². The monoisotopic (exact) mass is 450 g/mol. The van der Waals surface area contributed by atoms with Gasteiger partial charge in [0.05, 0.1) is 0 Å². The molecule has 0 aliphatic carbocycles. The molecule has 0 spiro atoms. The molecule has 0 saturated carbocycles. The second-order valence-corrected chi connectivity index (χ2v) is 10.6. The zero-order valence-corrected chi connectivity index (χ0v) is 20.3. The van der Waals surface area contributed by atoms with E-state index in [9.17, 15) is 14.7 Å². The summed E-state index contributed by atoms with van der Waals surface area (Å²) in [6.45, 7) is 13.0. The van der Waals surface area contributed by atoms with Gasteiger partial charge in [0.2, 0.25) is 0 Å². The largest absolute Gasteiger partial charge is 0.480 e. The summed E-state index contributed by atoms with van der Waals surface area (Å²) in [6.07, 6.45) is 1.18. The molecule has 0 radical (unpaired) electrons. The lowest BCUT2D eigenvalue weighted by Gasteiger charge is -2.26. The van der Waals surface area contributed by atoms with E-state index >= 15 is 0 Å². The van der Waals surface area contributed by atoms with Crippen molar-refractivity contribution in [3.05, 3.63) is 70.9 Å². The van der Waals surface area contributed by atoms with Gasteiger partial charge in [0, 0.05) is 23.5 Å². The van der Waals surface area contributed by atoms with E-state index in [1.807, 2.05) is 36.4 Å². The van der Waals surface area contributed by atoms with Crippen LogP contribution in [0.2, 0.25) is 0 Å². The summed E-state index contributed by atoms with van der Waals surface area (Å²) in [7, 11) is 0. The fourth-order valence-corrected chi connectivity index (χ4v) is 3.69. The Morgan fingerprint density at radius 2 is 1.61 bits per heavy atom. The molecule has 1 aromatic heterocycles. The zero-order valence-electron chi connectivity index (χ0n) is 20.3. The van der Waals surface area contributed by atoms with Crippen molar-refractivity contribution in [2.24, 2.45) is 0 Å². The molecule has 0 aliphatic heterocycles. The Bertz CT molecular complexity index is 1120. The maximum atomic E-state index is 12.5. The summed E-state index contributed by atoms with van der Waals surface area (Å²) >= 11 is 0. The van der Waals surface area contributed by atoms with Gasteiger partial charge in [-0.1, -0.05) is 77.9 Å². The third-order valence-electron chi connectivity index (χ3n) is 5.78. The number of carboxylic acids is 1. The number of nitrogens with one attached hydrogen (secondary N) is 2. The highest BCUT2D eigenvalue weighted by molar-refractivity contribution is 5.85. The van der Waals surface area contributed by atoms with Crippen LogP contribution in [-0.2, 0) is 33.4 Å². The van der Waals surface area contributed by atoms with E-state index < -0.39 is 18.1 Å². The van der Waals surface area contributed by atoms with Crippen molar-refractivity contribution in [2.45, 2.75) is 71.4 Å². The number of aromatic amines is 1. The first-order valence-corrected chi connectivity index (χ1v) is 11.2. The molecule has 1 amide bonds. The van der Waals surface area contributed by atoms with E-state index in [0.717, 1.165) is 33.2 Å². The highest BCUT2D eigenvalue weighted by Gasteiger charge is 2.24. The predicted molar refractivity (Wildman–Crippen MR) is 131 cm³/mol. The minimum absolute atomic E-state index is 0.0496. The van der Waals surface area contributed by atoms with Gasteiger partial charge in [-0.15, -0.1) is 0 Å². The van der Waals surface area contributed by atoms with Gasteiger partial charge in [0.1, 0.15) is 12.6 Å². The number of aliphatic carboxylic acids is 1. The van der Waals surface area contributed by atoms with Crippen molar-refractivity contribution < 1.29 is 19.4 Å². The lowest BCUT2D eigenvalue weighted by atomic mass is 9.79. The van der Waals surface area contributed by atoms with Gasteiger partial charge in [-0.3, -0.25) is 0 Å². The highest BCUT2D eigenvalue weighted by Crippen LogP contribution is 2.30. The van der Waals surface area contributed by atoms with Gasteiger partial charge in [-0.2, -0.15) is 0 Å².